The van der Waals surface area contributed by atoms with Gasteiger partial charge in [0.15, 0.2) is 0 Å². The Balaban J connectivity index is 2.50. The molecule has 0 amide bonds. The zero-order valence-corrected chi connectivity index (χ0v) is 10.7. The van der Waals surface area contributed by atoms with Gasteiger partial charge in [-0.25, -0.2) is 0 Å². The van der Waals surface area contributed by atoms with Crippen molar-refractivity contribution in [1.29, 1.82) is 0 Å². The lowest BCUT2D eigenvalue weighted by atomic mass is 9.97. The molecule has 0 N–H and O–H groups in total. The van der Waals surface area contributed by atoms with Crippen molar-refractivity contribution < 1.29 is 13.2 Å². The van der Waals surface area contributed by atoms with Gasteiger partial charge in [0.05, 0.1) is 5.56 Å². The van der Waals surface area contributed by atoms with Crippen molar-refractivity contribution in [1.82, 2.24) is 4.57 Å². The van der Waals surface area contributed by atoms with Crippen molar-refractivity contribution in [2.45, 2.75) is 33.5 Å². The molecule has 0 unspecified atom stereocenters. The molecule has 0 aliphatic carbocycles. The Morgan fingerprint density at radius 1 is 1.06 bits per heavy atom. The average molecular weight is 255 g/mol. The van der Waals surface area contributed by atoms with E-state index in [-0.39, 0.29) is 5.41 Å². The van der Waals surface area contributed by atoms with Crippen molar-refractivity contribution in [3.63, 3.8) is 0 Å². The van der Waals surface area contributed by atoms with E-state index in [1.807, 2.05) is 16.8 Å². The van der Waals surface area contributed by atoms with Crippen LogP contribution in [0.15, 0.2) is 30.5 Å². The van der Waals surface area contributed by atoms with E-state index in [0.717, 1.165) is 11.5 Å². The summed E-state index contributed by atoms with van der Waals surface area (Å²) in [4.78, 5) is 0. The van der Waals surface area contributed by atoms with E-state index in [2.05, 4.69) is 20.8 Å². The topological polar surface area (TPSA) is 4.93 Å². The van der Waals surface area contributed by atoms with Gasteiger partial charge in [-0.2, -0.15) is 13.2 Å². The number of halogens is 3. The Morgan fingerprint density at radius 3 is 2.28 bits per heavy atom. The highest BCUT2D eigenvalue weighted by atomic mass is 19.4. The number of nitrogens with zero attached hydrogens (tertiary/aromatic N) is 1. The molecule has 0 bridgehead atoms. The van der Waals surface area contributed by atoms with Gasteiger partial charge >= 0.3 is 6.18 Å². The molecule has 1 aromatic heterocycles. The van der Waals surface area contributed by atoms with E-state index in [0.29, 0.717) is 12.1 Å². The first-order valence-electron chi connectivity index (χ1n) is 5.83. The normalized spacial score (nSPS) is 13.2. The molecule has 0 saturated heterocycles. The van der Waals surface area contributed by atoms with Crippen molar-refractivity contribution >= 4 is 10.9 Å². The largest absolute Gasteiger partial charge is 0.416 e. The molecule has 0 atom stereocenters. The van der Waals surface area contributed by atoms with Crippen molar-refractivity contribution in [2.75, 3.05) is 0 Å². The Bertz CT molecular complexity index is 558. The first kappa shape index (κ1) is 13.0. The quantitative estimate of drug-likeness (QED) is 0.695. The van der Waals surface area contributed by atoms with E-state index in [9.17, 15) is 13.2 Å². The van der Waals surface area contributed by atoms with Gasteiger partial charge in [0, 0.05) is 18.3 Å². The van der Waals surface area contributed by atoms with Crippen LogP contribution >= 0.6 is 0 Å². The fourth-order valence-electron chi connectivity index (χ4n) is 2.01. The average Bonchev–Trinajstić information content (AvgIpc) is 2.57. The van der Waals surface area contributed by atoms with Gasteiger partial charge in [0.2, 0.25) is 0 Å². The number of hydrogen-bond donors (Lipinski definition) is 0. The van der Waals surface area contributed by atoms with Gasteiger partial charge in [0.25, 0.3) is 0 Å². The van der Waals surface area contributed by atoms with Gasteiger partial charge in [0.1, 0.15) is 0 Å². The smallest absolute Gasteiger partial charge is 0.347 e. The standard InChI is InChI=1S/C14H16F3N/c1-13(2,3)9-18-7-6-10-4-5-11(8-12(10)18)14(15,16)17/h4-8H,9H2,1-3H3. The summed E-state index contributed by atoms with van der Waals surface area (Å²) in [5, 5.41) is 0.840. The Hall–Kier alpha value is -1.45. The Morgan fingerprint density at radius 2 is 1.72 bits per heavy atom. The minimum atomic E-state index is -4.29. The molecule has 0 fully saturated rings. The predicted octanol–water partition coefficient (Wildman–Crippen LogP) is 4.71. The third kappa shape index (κ3) is 2.68. The zero-order valence-electron chi connectivity index (χ0n) is 10.7. The van der Waals surface area contributed by atoms with Crippen LogP contribution in [0, 0.1) is 5.41 Å². The van der Waals surface area contributed by atoms with Crippen LogP contribution in [-0.4, -0.2) is 4.57 Å². The first-order chi connectivity index (χ1) is 8.17. The molecule has 0 aliphatic rings. The van der Waals surface area contributed by atoms with E-state index in [1.54, 1.807) is 0 Å². The van der Waals surface area contributed by atoms with Crippen LogP contribution in [-0.2, 0) is 12.7 Å². The number of benzene rings is 1. The third-order valence-corrected chi connectivity index (χ3v) is 2.75. The highest BCUT2D eigenvalue weighted by Gasteiger charge is 2.30. The van der Waals surface area contributed by atoms with E-state index in [1.165, 1.54) is 12.1 Å². The maximum absolute atomic E-state index is 12.7. The lowest BCUT2D eigenvalue weighted by molar-refractivity contribution is -0.137. The number of alkyl halides is 3. The molecule has 0 aliphatic heterocycles. The Labute approximate surface area is 104 Å². The van der Waals surface area contributed by atoms with Gasteiger partial charge in [-0.05, 0) is 29.0 Å². The monoisotopic (exact) mass is 255 g/mol. The van der Waals surface area contributed by atoms with E-state index >= 15 is 0 Å². The highest BCUT2D eigenvalue weighted by molar-refractivity contribution is 5.81. The van der Waals surface area contributed by atoms with E-state index in [4.69, 9.17) is 0 Å². The van der Waals surface area contributed by atoms with Crippen LogP contribution in [0.5, 0.6) is 0 Å². The summed E-state index contributed by atoms with van der Waals surface area (Å²) in [5.74, 6) is 0. The minimum Gasteiger partial charge on any atom is -0.347 e. The summed E-state index contributed by atoms with van der Waals surface area (Å²) < 4.78 is 39.9. The van der Waals surface area contributed by atoms with Crippen LogP contribution in [0.2, 0.25) is 0 Å². The molecule has 18 heavy (non-hydrogen) atoms. The molecule has 4 heteroatoms. The summed E-state index contributed by atoms with van der Waals surface area (Å²) in [5.41, 5.74) is 0.0730. The molecule has 0 radical (unpaired) electrons. The number of fused-ring (bicyclic) bond motifs is 1. The van der Waals surface area contributed by atoms with Gasteiger partial charge < -0.3 is 4.57 Å². The first-order valence-corrected chi connectivity index (χ1v) is 5.83. The zero-order chi connectivity index (χ0) is 13.6. The van der Waals surface area contributed by atoms with E-state index < -0.39 is 11.7 Å². The van der Waals surface area contributed by atoms with Gasteiger partial charge in [-0.1, -0.05) is 26.8 Å². The second kappa shape index (κ2) is 4.04. The van der Waals surface area contributed by atoms with Crippen molar-refractivity contribution in [3.05, 3.63) is 36.0 Å². The third-order valence-electron chi connectivity index (χ3n) is 2.75. The second-order valence-corrected chi connectivity index (χ2v) is 5.78. The summed E-state index contributed by atoms with van der Waals surface area (Å²) in [6.07, 6.45) is -2.44. The molecule has 1 nitrogen and oxygen atoms in total. The van der Waals surface area contributed by atoms with Crippen LogP contribution in [0.25, 0.3) is 10.9 Å². The molecular formula is C14H16F3N. The fraction of sp³-hybridized carbons (Fsp3) is 0.429. The molecule has 2 rings (SSSR count). The molecule has 0 spiro atoms. The van der Waals surface area contributed by atoms with Crippen molar-refractivity contribution in [3.8, 4) is 0 Å². The lowest BCUT2D eigenvalue weighted by Gasteiger charge is -2.20. The predicted molar refractivity (Wildman–Crippen MR) is 66.4 cm³/mol. The van der Waals surface area contributed by atoms with Crippen LogP contribution < -0.4 is 0 Å². The Kier molecular flexibility index (Phi) is 2.92. The summed E-state index contributed by atoms with van der Waals surface area (Å²) in [6.45, 7) is 6.88. The molecule has 1 heterocycles. The summed E-state index contributed by atoms with van der Waals surface area (Å²) in [6, 6.07) is 5.73. The lowest BCUT2D eigenvalue weighted by Crippen LogP contribution is -2.14. The summed E-state index contributed by atoms with van der Waals surface area (Å²) >= 11 is 0. The molecule has 98 valence electrons. The number of rotatable bonds is 1. The number of aromatic nitrogens is 1. The van der Waals surface area contributed by atoms with Crippen LogP contribution in [0.3, 0.4) is 0 Å². The number of hydrogen-bond acceptors (Lipinski definition) is 0. The minimum absolute atomic E-state index is 0.0280. The van der Waals surface area contributed by atoms with Gasteiger partial charge in [-0.15, -0.1) is 0 Å². The fourth-order valence-corrected chi connectivity index (χ4v) is 2.01. The molecule has 2 aromatic rings. The molecule has 1 aromatic carbocycles. The van der Waals surface area contributed by atoms with Crippen LogP contribution in [0.1, 0.15) is 26.3 Å². The summed E-state index contributed by atoms with van der Waals surface area (Å²) in [7, 11) is 0. The molecule has 0 saturated carbocycles. The maximum Gasteiger partial charge on any atom is 0.416 e. The highest BCUT2D eigenvalue weighted by Crippen LogP contribution is 2.32. The SMILES string of the molecule is CC(C)(C)Cn1ccc2ccc(C(F)(F)F)cc21. The molecular weight excluding hydrogens is 239 g/mol. The van der Waals surface area contributed by atoms with Crippen LogP contribution in [0.4, 0.5) is 13.2 Å². The second-order valence-electron chi connectivity index (χ2n) is 5.78. The van der Waals surface area contributed by atoms with Gasteiger partial charge in [-0.3, -0.25) is 0 Å². The maximum atomic E-state index is 12.7. The van der Waals surface area contributed by atoms with Crippen molar-refractivity contribution in [2.24, 2.45) is 5.41 Å².